The Labute approximate surface area is 80.3 Å². The summed E-state index contributed by atoms with van der Waals surface area (Å²) in [5.74, 6) is 0. The van der Waals surface area contributed by atoms with E-state index in [1.54, 1.807) is 6.08 Å². The van der Waals surface area contributed by atoms with Crippen LogP contribution in [0.4, 0.5) is 0 Å². The number of hydrogen-bond acceptors (Lipinski definition) is 1. The zero-order chi connectivity index (χ0) is 10.5. The molecule has 0 amide bonds. The molecule has 0 unspecified atom stereocenters. The van der Waals surface area contributed by atoms with Crippen LogP contribution in [-0.2, 0) is 4.79 Å². The van der Waals surface area contributed by atoms with E-state index >= 15 is 0 Å². The van der Waals surface area contributed by atoms with Gasteiger partial charge in [0.05, 0.1) is 0 Å². The highest BCUT2D eigenvalue weighted by molar-refractivity contribution is 5.32. The first-order chi connectivity index (χ1) is 6.22. The van der Waals surface area contributed by atoms with Gasteiger partial charge in [-0.2, -0.15) is 0 Å². The minimum atomic E-state index is -0.250. The molecule has 1 N–H and O–H groups in total. The van der Waals surface area contributed by atoms with Crippen molar-refractivity contribution in [3.8, 4) is 0 Å². The minimum Gasteiger partial charge on any atom is -0.483 e. The zero-order valence-corrected chi connectivity index (χ0v) is 8.20. The third-order valence-electron chi connectivity index (χ3n) is 1.32. The Morgan fingerprint density at radius 3 is 2.46 bits per heavy atom. The average molecular weight is 182 g/mol. The van der Waals surface area contributed by atoms with Crippen molar-refractivity contribution in [2.24, 2.45) is 0 Å². The Kier molecular flexibility index (Phi) is 14.5. The highest BCUT2D eigenvalue weighted by Gasteiger charge is 1.85. The van der Waals surface area contributed by atoms with E-state index in [9.17, 15) is 0 Å². The Morgan fingerprint density at radius 2 is 2.08 bits per heavy atom. The second kappa shape index (κ2) is 13.3. The van der Waals surface area contributed by atoms with Gasteiger partial charge in [-0.1, -0.05) is 50.3 Å². The summed E-state index contributed by atoms with van der Waals surface area (Å²) >= 11 is 0. The van der Waals surface area contributed by atoms with Crippen LogP contribution in [0, 0.1) is 0 Å². The molecule has 0 radical (unpaired) electrons. The van der Waals surface area contributed by atoms with Crippen molar-refractivity contribution in [2.45, 2.75) is 26.2 Å². The predicted molar refractivity (Wildman–Crippen MR) is 56.7 cm³/mol. The Morgan fingerprint density at radius 1 is 1.54 bits per heavy atom. The Bertz CT molecular complexity index is 169. The summed E-state index contributed by atoms with van der Waals surface area (Å²) in [6.07, 6.45) is 9.31. The van der Waals surface area contributed by atoms with Gasteiger partial charge >= 0.3 is 0 Å². The maximum Gasteiger partial charge on any atom is 0.290 e. The SMILES string of the molecule is C=C/C=C\C(=C)CCCC.O=CO. The Hall–Kier alpha value is -1.31. The number of unbranched alkanes of at least 4 members (excludes halogenated alkanes) is 1. The number of carboxylic acid groups (broad SMARTS) is 1. The van der Waals surface area contributed by atoms with Gasteiger partial charge in [-0.05, 0) is 12.8 Å². The number of carbonyl (C=O) groups is 1. The zero-order valence-electron chi connectivity index (χ0n) is 8.20. The predicted octanol–water partition coefficient (Wildman–Crippen LogP) is 3.18. The molecular formula is C11H18O2. The lowest BCUT2D eigenvalue weighted by Crippen LogP contribution is -1.74. The number of hydrogen-bond donors (Lipinski definition) is 1. The fourth-order valence-corrected chi connectivity index (χ4v) is 0.691. The number of allylic oxidation sites excluding steroid dienone is 4. The lowest BCUT2D eigenvalue weighted by Gasteiger charge is -1.94. The maximum atomic E-state index is 8.36. The molecule has 13 heavy (non-hydrogen) atoms. The van der Waals surface area contributed by atoms with Gasteiger partial charge in [-0.25, -0.2) is 0 Å². The van der Waals surface area contributed by atoms with Gasteiger partial charge in [-0.15, -0.1) is 0 Å². The lowest BCUT2D eigenvalue weighted by molar-refractivity contribution is -0.122. The summed E-state index contributed by atoms with van der Waals surface area (Å²) in [5.41, 5.74) is 1.20. The first-order valence-corrected chi connectivity index (χ1v) is 4.27. The van der Waals surface area contributed by atoms with Crippen molar-refractivity contribution in [1.29, 1.82) is 0 Å². The summed E-state index contributed by atoms with van der Waals surface area (Å²) in [5, 5.41) is 6.89. The Balaban J connectivity index is 0. The maximum absolute atomic E-state index is 8.36. The van der Waals surface area contributed by atoms with Crippen molar-refractivity contribution >= 4 is 6.47 Å². The third-order valence-corrected chi connectivity index (χ3v) is 1.32. The van der Waals surface area contributed by atoms with Gasteiger partial charge in [-0.3, -0.25) is 4.79 Å². The van der Waals surface area contributed by atoms with Crippen molar-refractivity contribution in [3.63, 3.8) is 0 Å². The molecule has 0 rings (SSSR count). The molecule has 0 aromatic carbocycles. The highest BCUT2D eigenvalue weighted by atomic mass is 16.3. The molecule has 0 fully saturated rings. The van der Waals surface area contributed by atoms with Crippen LogP contribution in [0.5, 0.6) is 0 Å². The smallest absolute Gasteiger partial charge is 0.290 e. The van der Waals surface area contributed by atoms with E-state index in [-0.39, 0.29) is 6.47 Å². The monoisotopic (exact) mass is 182 g/mol. The fraction of sp³-hybridized carbons (Fsp3) is 0.364. The molecule has 0 aliphatic carbocycles. The van der Waals surface area contributed by atoms with Crippen LogP contribution in [0.15, 0.2) is 37.0 Å². The van der Waals surface area contributed by atoms with Crippen molar-refractivity contribution in [3.05, 3.63) is 37.0 Å². The molecule has 0 spiro atoms. The molecule has 0 saturated carbocycles. The molecule has 0 atom stereocenters. The highest BCUT2D eigenvalue weighted by Crippen LogP contribution is 2.05. The third kappa shape index (κ3) is 18.0. The lowest BCUT2D eigenvalue weighted by atomic mass is 10.1. The molecule has 0 aliphatic heterocycles. The van der Waals surface area contributed by atoms with E-state index in [4.69, 9.17) is 9.90 Å². The van der Waals surface area contributed by atoms with Crippen LogP contribution in [0.3, 0.4) is 0 Å². The molecule has 74 valence electrons. The van der Waals surface area contributed by atoms with Crippen LogP contribution in [0.25, 0.3) is 0 Å². The summed E-state index contributed by atoms with van der Waals surface area (Å²) < 4.78 is 0. The van der Waals surface area contributed by atoms with Gasteiger partial charge in [0.1, 0.15) is 0 Å². The van der Waals surface area contributed by atoms with Crippen LogP contribution < -0.4 is 0 Å². The minimum absolute atomic E-state index is 0.250. The molecule has 0 aromatic heterocycles. The molecule has 2 heteroatoms. The molecule has 0 saturated heterocycles. The average Bonchev–Trinajstić information content (AvgIpc) is 2.12. The molecule has 0 aliphatic rings. The van der Waals surface area contributed by atoms with E-state index in [0.717, 1.165) is 6.42 Å². The van der Waals surface area contributed by atoms with E-state index < -0.39 is 0 Å². The second-order valence-electron chi connectivity index (χ2n) is 2.46. The summed E-state index contributed by atoms with van der Waals surface area (Å²) in [6.45, 7) is 9.42. The van der Waals surface area contributed by atoms with E-state index in [1.807, 2.05) is 12.2 Å². The van der Waals surface area contributed by atoms with Crippen LogP contribution in [0.1, 0.15) is 26.2 Å². The normalized spacial score (nSPS) is 8.69. The second-order valence-corrected chi connectivity index (χ2v) is 2.46. The van der Waals surface area contributed by atoms with E-state index in [0.29, 0.717) is 0 Å². The molecule has 0 heterocycles. The number of rotatable bonds is 5. The van der Waals surface area contributed by atoms with Crippen LogP contribution >= 0.6 is 0 Å². The first-order valence-electron chi connectivity index (χ1n) is 4.27. The molecule has 2 nitrogen and oxygen atoms in total. The van der Waals surface area contributed by atoms with Gasteiger partial charge < -0.3 is 5.11 Å². The van der Waals surface area contributed by atoms with Crippen LogP contribution in [-0.4, -0.2) is 11.6 Å². The van der Waals surface area contributed by atoms with Crippen molar-refractivity contribution in [1.82, 2.24) is 0 Å². The van der Waals surface area contributed by atoms with Gasteiger partial charge in [0.25, 0.3) is 6.47 Å². The summed E-state index contributed by atoms with van der Waals surface area (Å²) in [4.78, 5) is 8.36. The standard InChI is InChI=1S/C10H16.CH2O2/c1-4-6-8-10(3)9-7-5-2;2-1-3/h4,6,8H,1,3,5,7,9H2,2H3;1H,(H,2,3)/b8-6-;. The van der Waals surface area contributed by atoms with E-state index in [1.165, 1.54) is 18.4 Å². The van der Waals surface area contributed by atoms with Crippen molar-refractivity contribution in [2.75, 3.05) is 0 Å². The summed E-state index contributed by atoms with van der Waals surface area (Å²) in [7, 11) is 0. The molecule has 0 aromatic rings. The quantitative estimate of drug-likeness (QED) is 0.523. The first kappa shape index (κ1) is 14.2. The topological polar surface area (TPSA) is 37.3 Å². The van der Waals surface area contributed by atoms with Gasteiger partial charge in [0.15, 0.2) is 0 Å². The van der Waals surface area contributed by atoms with E-state index in [2.05, 4.69) is 20.1 Å². The van der Waals surface area contributed by atoms with Gasteiger partial charge in [0.2, 0.25) is 0 Å². The molecular weight excluding hydrogens is 164 g/mol. The molecule has 0 bridgehead atoms. The van der Waals surface area contributed by atoms with Crippen LogP contribution in [0.2, 0.25) is 0 Å². The van der Waals surface area contributed by atoms with Gasteiger partial charge in [0, 0.05) is 0 Å². The fourth-order valence-electron chi connectivity index (χ4n) is 0.691. The largest absolute Gasteiger partial charge is 0.483 e. The summed E-state index contributed by atoms with van der Waals surface area (Å²) in [6, 6.07) is 0. The van der Waals surface area contributed by atoms with Crippen molar-refractivity contribution < 1.29 is 9.90 Å².